The molecule has 0 heterocycles. The van der Waals surface area contributed by atoms with Crippen LogP contribution in [0.15, 0.2) is 18.2 Å². The highest BCUT2D eigenvalue weighted by atomic mass is 16.5. The van der Waals surface area contributed by atoms with E-state index < -0.39 is 5.97 Å². The van der Waals surface area contributed by atoms with Crippen LogP contribution in [0.2, 0.25) is 0 Å². The number of carbonyl (C=O) groups is 2. The highest BCUT2D eigenvalue weighted by Crippen LogP contribution is 2.23. The molecular weight excluding hydrogens is 282 g/mol. The number of esters is 1. The smallest absolute Gasteiger partial charge is 0.342 e. The lowest BCUT2D eigenvalue weighted by Gasteiger charge is -2.29. The summed E-state index contributed by atoms with van der Waals surface area (Å²) in [6.45, 7) is 3.61. The standard InChI is InChI=1S/C17H23NO4/c1-11-7-8-13(15(19)9-11)17(21)22-10-16(20)18-14-6-4-3-5-12(14)2/h7-9,12,14,19H,3-6,10H2,1-2H3,(H,18,20)/t12-,14-/m0/s1. The van der Waals surface area contributed by atoms with Crippen LogP contribution in [-0.2, 0) is 9.53 Å². The summed E-state index contributed by atoms with van der Waals surface area (Å²) < 4.78 is 4.98. The Kier molecular flexibility index (Phi) is 5.41. The van der Waals surface area contributed by atoms with E-state index in [2.05, 4.69) is 12.2 Å². The van der Waals surface area contributed by atoms with E-state index in [-0.39, 0.29) is 29.9 Å². The van der Waals surface area contributed by atoms with Crippen molar-refractivity contribution in [2.45, 2.75) is 45.6 Å². The molecule has 1 aromatic rings. The van der Waals surface area contributed by atoms with Crippen LogP contribution in [0.25, 0.3) is 0 Å². The summed E-state index contributed by atoms with van der Waals surface area (Å²) in [5.41, 5.74) is 0.919. The molecule has 1 aliphatic rings. The molecule has 120 valence electrons. The van der Waals surface area contributed by atoms with Crippen LogP contribution in [-0.4, -0.2) is 29.6 Å². The Morgan fingerprint density at radius 2 is 2.05 bits per heavy atom. The Hall–Kier alpha value is -2.04. The van der Waals surface area contributed by atoms with Gasteiger partial charge >= 0.3 is 5.97 Å². The van der Waals surface area contributed by atoms with Gasteiger partial charge < -0.3 is 15.2 Å². The van der Waals surface area contributed by atoms with E-state index in [0.717, 1.165) is 24.8 Å². The van der Waals surface area contributed by atoms with Crippen molar-refractivity contribution in [3.63, 3.8) is 0 Å². The van der Waals surface area contributed by atoms with Gasteiger partial charge in [0.05, 0.1) is 0 Å². The first-order valence-corrected chi connectivity index (χ1v) is 7.73. The van der Waals surface area contributed by atoms with Gasteiger partial charge in [-0.05, 0) is 43.4 Å². The number of benzene rings is 1. The molecule has 1 aromatic carbocycles. The van der Waals surface area contributed by atoms with Gasteiger partial charge in [-0.2, -0.15) is 0 Å². The van der Waals surface area contributed by atoms with Crippen LogP contribution in [0.3, 0.4) is 0 Å². The number of hydrogen-bond donors (Lipinski definition) is 2. The molecule has 22 heavy (non-hydrogen) atoms. The molecule has 1 aliphatic carbocycles. The molecule has 2 rings (SSSR count). The fourth-order valence-corrected chi connectivity index (χ4v) is 2.80. The minimum absolute atomic E-state index is 0.0736. The number of amides is 1. The van der Waals surface area contributed by atoms with E-state index in [1.165, 1.54) is 18.6 Å². The predicted molar refractivity (Wildman–Crippen MR) is 82.7 cm³/mol. The average molecular weight is 305 g/mol. The van der Waals surface area contributed by atoms with Crippen molar-refractivity contribution in [1.82, 2.24) is 5.32 Å². The summed E-state index contributed by atoms with van der Waals surface area (Å²) in [6.07, 6.45) is 4.41. The minimum Gasteiger partial charge on any atom is -0.507 e. The second kappa shape index (κ2) is 7.29. The lowest BCUT2D eigenvalue weighted by molar-refractivity contribution is -0.125. The number of carbonyl (C=O) groups excluding carboxylic acids is 2. The maximum Gasteiger partial charge on any atom is 0.342 e. The third kappa shape index (κ3) is 4.23. The zero-order chi connectivity index (χ0) is 16.1. The van der Waals surface area contributed by atoms with Gasteiger partial charge in [0.25, 0.3) is 5.91 Å². The third-order valence-corrected chi connectivity index (χ3v) is 4.17. The van der Waals surface area contributed by atoms with Crippen LogP contribution in [0.1, 0.15) is 48.5 Å². The molecule has 0 radical (unpaired) electrons. The van der Waals surface area contributed by atoms with Gasteiger partial charge in [-0.25, -0.2) is 4.79 Å². The predicted octanol–water partition coefficient (Wildman–Crippen LogP) is 2.55. The van der Waals surface area contributed by atoms with Gasteiger partial charge in [-0.15, -0.1) is 0 Å². The summed E-state index contributed by atoms with van der Waals surface area (Å²) in [5, 5.41) is 12.6. The molecule has 0 saturated heterocycles. The van der Waals surface area contributed by atoms with Gasteiger partial charge in [-0.1, -0.05) is 25.8 Å². The third-order valence-electron chi connectivity index (χ3n) is 4.17. The number of phenolic OH excluding ortho intramolecular Hbond substituents is 1. The average Bonchev–Trinajstić information content (AvgIpc) is 2.47. The largest absolute Gasteiger partial charge is 0.507 e. The Morgan fingerprint density at radius 3 is 2.73 bits per heavy atom. The van der Waals surface area contributed by atoms with Crippen molar-refractivity contribution in [2.24, 2.45) is 5.92 Å². The van der Waals surface area contributed by atoms with E-state index in [4.69, 9.17) is 4.74 Å². The molecule has 2 N–H and O–H groups in total. The van der Waals surface area contributed by atoms with Crippen molar-refractivity contribution < 1.29 is 19.4 Å². The molecule has 5 nitrogen and oxygen atoms in total. The number of aryl methyl sites for hydroxylation is 1. The molecule has 2 atom stereocenters. The quantitative estimate of drug-likeness (QED) is 0.838. The lowest BCUT2D eigenvalue weighted by Crippen LogP contribution is -2.42. The monoisotopic (exact) mass is 305 g/mol. The fraction of sp³-hybridized carbons (Fsp3) is 0.529. The lowest BCUT2D eigenvalue weighted by atomic mass is 9.86. The highest BCUT2D eigenvalue weighted by molar-refractivity contribution is 5.93. The maximum atomic E-state index is 11.9. The Labute approximate surface area is 130 Å². The van der Waals surface area contributed by atoms with Crippen molar-refractivity contribution in [3.8, 4) is 5.75 Å². The number of aromatic hydroxyl groups is 1. The maximum absolute atomic E-state index is 11.9. The van der Waals surface area contributed by atoms with Crippen LogP contribution in [0.4, 0.5) is 0 Å². The van der Waals surface area contributed by atoms with Crippen molar-refractivity contribution in [3.05, 3.63) is 29.3 Å². The molecule has 0 aliphatic heterocycles. The van der Waals surface area contributed by atoms with Gasteiger partial charge in [0.1, 0.15) is 11.3 Å². The van der Waals surface area contributed by atoms with Crippen molar-refractivity contribution in [1.29, 1.82) is 0 Å². The molecule has 5 heteroatoms. The topological polar surface area (TPSA) is 75.6 Å². The molecule has 1 fully saturated rings. The molecule has 1 amide bonds. The van der Waals surface area contributed by atoms with Crippen LogP contribution >= 0.6 is 0 Å². The second-order valence-electron chi connectivity index (χ2n) is 6.03. The van der Waals surface area contributed by atoms with Crippen LogP contribution < -0.4 is 5.32 Å². The molecule has 1 saturated carbocycles. The molecule has 0 bridgehead atoms. The summed E-state index contributed by atoms with van der Waals surface area (Å²) in [5.74, 6) is -0.663. The summed E-state index contributed by atoms with van der Waals surface area (Å²) in [4.78, 5) is 23.8. The number of nitrogens with one attached hydrogen (secondary N) is 1. The normalized spacial score (nSPS) is 21.2. The van der Waals surface area contributed by atoms with Crippen molar-refractivity contribution >= 4 is 11.9 Å². The first-order valence-electron chi connectivity index (χ1n) is 7.73. The highest BCUT2D eigenvalue weighted by Gasteiger charge is 2.23. The minimum atomic E-state index is -0.690. The summed E-state index contributed by atoms with van der Waals surface area (Å²) >= 11 is 0. The molecule has 0 spiro atoms. The second-order valence-corrected chi connectivity index (χ2v) is 6.03. The zero-order valence-corrected chi connectivity index (χ0v) is 13.1. The fourth-order valence-electron chi connectivity index (χ4n) is 2.80. The number of hydrogen-bond acceptors (Lipinski definition) is 4. The summed E-state index contributed by atoms with van der Waals surface area (Å²) in [7, 11) is 0. The number of rotatable bonds is 4. The van der Waals surface area contributed by atoms with Gasteiger partial charge in [0.15, 0.2) is 6.61 Å². The van der Waals surface area contributed by atoms with Gasteiger partial charge in [-0.3, -0.25) is 4.79 Å². The van der Waals surface area contributed by atoms with E-state index in [1.54, 1.807) is 6.07 Å². The van der Waals surface area contributed by atoms with E-state index >= 15 is 0 Å². The molecular formula is C17H23NO4. The first kappa shape index (κ1) is 16.3. The van der Waals surface area contributed by atoms with Gasteiger partial charge in [0, 0.05) is 6.04 Å². The molecule has 0 unspecified atom stereocenters. The van der Waals surface area contributed by atoms with E-state index in [9.17, 15) is 14.7 Å². The first-order chi connectivity index (χ1) is 10.5. The van der Waals surface area contributed by atoms with E-state index in [1.807, 2.05) is 6.92 Å². The Morgan fingerprint density at radius 1 is 1.32 bits per heavy atom. The number of ether oxygens (including phenoxy) is 1. The number of phenols is 1. The Bertz CT molecular complexity index is 556. The zero-order valence-electron chi connectivity index (χ0n) is 13.1. The summed E-state index contributed by atoms with van der Waals surface area (Å²) in [6, 6.07) is 4.85. The molecule has 0 aromatic heterocycles. The van der Waals surface area contributed by atoms with Crippen LogP contribution in [0, 0.1) is 12.8 Å². The van der Waals surface area contributed by atoms with Crippen LogP contribution in [0.5, 0.6) is 5.75 Å². The Balaban J connectivity index is 1.84. The van der Waals surface area contributed by atoms with Crippen molar-refractivity contribution in [2.75, 3.05) is 6.61 Å². The van der Waals surface area contributed by atoms with Gasteiger partial charge in [0.2, 0.25) is 0 Å². The van der Waals surface area contributed by atoms with E-state index in [0.29, 0.717) is 5.92 Å². The SMILES string of the molecule is Cc1ccc(C(=O)OCC(=O)N[C@H]2CCCC[C@@H]2C)c(O)c1.